The molecule has 0 bridgehead atoms. The number of hydrogen-bond donors (Lipinski definition) is 1. The number of hydrogen-bond acceptors (Lipinski definition) is 8. The second-order valence-corrected chi connectivity index (χ2v) is 9.46. The maximum Gasteiger partial charge on any atom is 0.411 e. The van der Waals surface area contributed by atoms with Gasteiger partial charge in [0.25, 0.3) is 0 Å². The van der Waals surface area contributed by atoms with Gasteiger partial charge in [0.15, 0.2) is 0 Å². The summed E-state index contributed by atoms with van der Waals surface area (Å²) in [4.78, 5) is 35.2. The molecule has 1 aliphatic heterocycles. The number of ether oxygens (including phenoxy) is 3. The monoisotopic (exact) mass is 538 g/mol. The van der Waals surface area contributed by atoms with E-state index in [1.165, 1.54) is 6.20 Å². The third-order valence-electron chi connectivity index (χ3n) is 6.67. The fourth-order valence-electron chi connectivity index (χ4n) is 4.66. The second kappa shape index (κ2) is 11.9. The Hall–Kier alpha value is -4.92. The van der Waals surface area contributed by atoms with Crippen LogP contribution in [0, 0.1) is 0 Å². The second-order valence-electron chi connectivity index (χ2n) is 9.46. The summed E-state index contributed by atoms with van der Waals surface area (Å²) in [5.41, 5.74) is 9.62. The zero-order valence-corrected chi connectivity index (χ0v) is 22.3. The number of carbonyl (C=O) groups excluding carboxylic acids is 2. The van der Waals surface area contributed by atoms with Crippen molar-refractivity contribution >= 4 is 17.9 Å². The molecule has 9 nitrogen and oxygen atoms in total. The highest BCUT2D eigenvalue weighted by Crippen LogP contribution is 2.36. The first-order chi connectivity index (χ1) is 19.4. The number of cyclic esters (lactones) is 1. The smallest absolute Gasteiger partial charge is 0.411 e. The van der Waals surface area contributed by atoms with Crippen molar-refractivity contribution in [1.29, 1.82) is 0 Å². The third-order valence-corrected chi connectivity index (χ3v) is 6.67. The van der Waals surface area contributed by atoms with Crippen LogP contribution in [0.5, 0.6) is 11.5 Å². The molecule has 3 aromatic carbocycles. The van der Waals surface area contributed by atoms with Crippen molar-refractivity contribution in [1.82, 2.24) is 14.9 Å². The van der Waals surface area contributed by atoms with Gasteiger partial charge in [-0.3, -0.25) is 14.7 Å². The van der Waals surface area contributed by atoms with Crippen molar-refractivity contribution in [3.63, 3.8) is 0 Å². The summed E-state index contributed by atoms with van der Waals surface area (Å²) in [6.07, 6.45) is 2.46. The number of esters is 1. The summed E-state index contributed by atoms with van der Waals surface area (Å²) in [7, 11) is 0. The minimum absolute atomic E-state index is 0.144. The minimum atomic E-state index is -0.401. The Morgan fingerprint density at radius 3 is 2.60 bits per heavy atom. The van der Waals surface area contributed by atoms with Gasteiger partial charge in [0.2, 0.25) is 0 Å². The number of aromatic nitrogens is 2. The number of amides is 1. The summed E-state index contributed by atoms with van der Waals surface area (Å²) in [6, 6.07) is 22.4. The van der Waals surface area contributed by atoms with Crippen LogP contribution in [0.3, 0.4) is 0 Å². The lowest BCUT2D eigenvalue weighted by Gasteiger charge is -2.23. The summed E-state index contributed by atoms with van der Waals surface area (Å²) in [6.45, 7) is 4.32. The molecule has 1 aliphatic rings. The molecule has 4 aromatic rings. The van der Waals surface area contributed by atoms with Crippen LogP contribution in [0.4, 0.5) is 10.6 Å². The Morgan fingerprint density at radius 1 is 1.02 bits per heavy atom. The predicted molar refractivity (Wildman–Crippen MR) is 149 cm³/mol. The van der Waals surface area contributed by atoms with E-state index in [9.17, 15) is 9.59 Å². The van der Waals surface area contributed by atoms with E-state index < -0.39 is 6.09 Å². The van der Waals surface area contributed by atoms with Crippen LogP contribution in [0.1, 0.15) is 36.6 Å². The van der Waals surface area contributed by atoms with Crippen molar-refractivity contribution in [3.05, 3.63) is 102 Å². The fraction of sp³-hybridized carbons (Fsp3) is 0.226. The topological polar surface area (TPSA) is 117 Å². The molecule has 0 unspecified atom stereocenters. The van der Waals surface area contributed by atoms with Crippen molar-refractivity contribution in [2.24, 2.45) is 0 Å². The maximum absolute atomic E-state index is 13.0. The Bertz CT molecular complexity index is 1490. The molecule has 0 radical (unpaired) electrons. The highest BCUT2D eigenvalue weighted by Gasteiger charge is 2.40. The van der Waals surface area contributed by atoms with Crippen LogP contribution in [0.25, 0.3) is 11.3 Å². The van der Waals surface area contributed by atoms with E-state index in [1.807, 2.05) is 73.7 Å². The highest BCUT2D eigenvalue weighted by molar-refractivity contribution is 5.73. The van der Waals surface area contributed by atoms with Crippen LogP contribution in [-0.2, 0) is 27.2 Å². The van der Waals surface area contributed by atoms with Crippen LogP contribution in [0.15, 0.2) is 85.2 Å². The first-order valence-electron chi connectivity index (χ1n) is 13.1. The summed E-state index contributed by atoms with van der Waals surface area (Å²) in [5.74, 6) is 1.14. The van der Waals surface area contributed by atoms with E-state index in [1.54, 1.807) is 24.1 Å². The van der Waals surface area contributed by atoms with Gasteiger partial charge < -0.3 is 19.9 Å². The Morgan fingerprint density at radius 2 is 1.85 bits per heavy atom. The molecule has 2 heterocycles. The molecule has 2 atom stereocenters. The molecule has 1 fully saturated rings. The summed E-state index contributed by atoms with van der Waals surface area (Å²) in [5, 5.41) is 0. The van der Waals surface area contributed by atoms with E-state index >= 15 is 0 Å². The number of nitrogen functional groups attached to an aromatic ring is 1. The van der Waals surface area contributed by atoms with Gasteiger partial charge in [0.05, 0.1) is 43.7 Å². The summed E-state index contributed by atoms with van der Waals surface area (Å²) >= 11 is 0. The zero-order chi connectivity index (χ0) is 28.1. The molecule has 40 heavy (non-hydrogen) atoms. The molecule has 1 aromatic heterocycles. The Labute approximate surface area is 232 Å². The quantitative estimate of drug-likeness (QED) is 0.270. The number of rotatable bonds is 9. The van der Waals surface area contributed by atoms with Crippen molar-refractivity contribution < 1.29 is 23.8 Å². The molecule has 1 saturated heterocycles. The first-order valence-corrected chi connectivity index (χ1v) is 13.1. The van der Waals surface area contributed by atoms with Gasteiger partial charge in [-0.05, 0) is 55.3 Å². The van der Waals surface area contributed by atoms with Crippen molar-refractivity contribution in [2.45, 2.75) is 39.0 Å². The number of anilines is 1. The molecule has 0 saturated carbocycles. The lowest BCUT2D eigenvalue weighted by molar-refractivity contribution is -0.142. The van der Waals surface area contributed by atoms with Crippen LogP contribution < -0.4 is 10.5 Å². The highest BCUT2D eigenvalue weighted by atomic mass is 16.6. The van der Waals surface area contributed by atoms with E-state index in [0.717, 1.165) is 22.3 Å². The molecule has 2 N–H and O–H groups in total. The molecule has 5 rings (SSSR count). The van der Waals surface area contributed by atoms with E-state index in [-0.39, 0.29) is 31.1 Å². The third kappa shape index (κ3) is 6.04. The SMILES string of the molecule is CCOC(=O)Cc1cccc(Oc2ccc(-c3cnc(N)cn3)cc2CN2C(=O)O[C@H](c3ccccc3)[C@@H]2C)c1. The Balaban J connectivity index is 1.45. The molecule has 0 aliphatic carbocycles. The number of benzene rings is 3. The van der Waals surface area contributed by atoms with Crippen molar-refractivity contribution in [3.8, 4) is 22.8 Å². The van der Waals surface area contributed by atoms with E-state index in [4.69, 9.17) is 19.9 Å². The minimum Gasteiger partial charge on any atom is -0.466 e. The molecular weight excluding hydrogens is 508 g/mol. The average molecular weight is 539 g/mol. The lowest BCUT2D eigenvalue weighted by Crippen LogP contribution is -2.31. The van der Waals surface area contributed by atoms with Gasteiger partial charge in [-0.15, -0.1) is 0 Å². The van der Waals surface area contributed by atoms with Gasteiger partial charge in [-0.1, -0.05) is 42.5 Å². The van der Waals surface area contributed by atoms with Crippen molar-refractivity contribution in [2.75, 3.05) is 12.3 Å². The van der Waals surface area contributed by atoms with Gasteiger partial charge in [-0.2, -0.15) is 0 Å². The van der Waals surface area contributed by atoms with E-state index in [2.05, 4.69) is 9.97 Å². The van der Waals surface area contributed by atoms with Gasteiger partial charge >= 0.3 is 12.1 Å². The molecule has 0 spiro atoms. The van der Waals surface area contributed by atoms with Gasteiger partial charge in [-0.25, -0.2) is 9.78 Å². The lowest BCUT2D eigenvalue weighted by atomic mass is 10.0. The maximum atomic E-state index is 13.0. The number of nitrogens with two attached hydrogens (primary N) is 1. The largest absolute Gasteiger partial charge is 0.466 e. The van der Waals surface area contributed by atoms with Gasteiger partial charge in [0.1, 0.15) is 23.4 Å². The molecule has 9 heteroatoms. The average Bonchev–Trinajstić information content (AvgIpc) is 3.23. The standard InChI is InChI=1S/C31H30N4O5/c1-3-38-29(36)15-21-8-7-11-25(14-21)39-27-13-12-23(26-17-34-28(32)18-33-26)16-24(27)19-35-20(2)30(40-31(35)37)22-9-5-4-6-10-22/h4-14,16-18,20,30H,3,15,19H2,1-2H3,(H2,32,34)/t20-,30-/m0/s1. The zero-order valence-electron chi connectivity index (χ0n) is 22.3. The summed E-state index contributed by atoms with van der Waals surface area (Å²) < 4.78 is 17.1. The van der Waals surface area contributed by atoms with Crippen LogP contribution in [-0.4, -0.2) is 39.6 Å². The molecule has 204 valence electrons. The molecule has 1 amide bonds. The molecular formula is C31H30N4O5. The fourth-order valence-corrected chi connectivity index (χ4v) is 4.66. The van der Waals surface area contributed by atoms with Crippen LogP contribution >= 0.6 is 0 Å². The predicted octanol–water partition coefficient (Wildman–Crippen LogP) is 5.71. The normalized spacial score (nSPS) is 16.4. The number of carbonyl (C=O) groups is 2. The number of nitrogens with zero attached hydrogens (tertiary/aromatic N) is 3. The Kier molecular flexibility index (Phi) is 7.91. The first kappa shape index (κ1) is 26.7. The van der Waals surface area contributed by atoms with E-state index in [0.29, 0.717) is 29.6 Å². The van der Waals surface area contributed by atoms with Gasteiger partial charge in [0, 0.05) is 11.1 Å². The van der Waals surface area contributed by atoms with Crippen LogP contribution in [0.2, 0.25) is 0 Å².